The molecule has 0 saturated heterocycles. The summed E-state index contributed by atoms with van der Waals surface area (Å²) < 4.78 is 0. The minimum absolute atomic E-state index is 0.228. The lowest BCUT2D eigenvalue weighted by Gasteiger charge is -2.48. The van der Waals surface area contributed by atoms with Crippen LogP contribution in [0.25, 0.3) is 0 Å². The Morgan fingerprint density at radius 3 is 2.72 bits per heavy atom. The Labute approximate surface area is 150 Å². The van der Waals surface area contributed by atoms with Crippen molar-refractivity contribution < 1.29 is 20.4 Å². The molecular formula is C21H32O4. The van der Waals surface area contributed by atoms with Crippen molar-refractivity contribution in [2.75, 3.05) is 6.61 Å². The number of hydrogen-bond donors (Lipinski definition) is 4. The summed E-state index contributed by atoms with van der Waals surface area (Å²) in [7, 11) is 0. The lowest BCUT2D eigenvalue weighted by atomic mass is 9.60. The Bertz CT molecular complexity index is 593. The maximum Gasteiger partial charge on any atom is 0.106 e. The Morgan fingerprint density at radius 2 is 2.00 bits per heavy atom. The second-order valence-corrected chi connectivity index (χ2v) is 8.42. The van der Waals surface area contributed by atoms with E-state index in [9.17, 15) is 20.4 Å². The van der Waals surface area contributed by atoms with Crippen molar-refractivity contribution in [3.8, 4) is 0 Å². The van der Waals surface area contributed by atoms with Gasteiger partial charge in [-0.3, -0.25) is 0 Å². The summed E-state index contributed by atoms with van der Waals surface area (Å²) in [6.45, 7) is 5.78. The van der Waals surface area contributed by atoms with Gasteiger partial charge in [-0.1, -0.05) is 36.8 Å². The summed E-state index contributed by atoms with van der Waals surface area (Å²) in [5.41, 5.74) is 1.93. The highest BCUT2D eigenvalue weighted by atomic mass is 16.4. The van der Waals surface area contributed by atoms with Gasteiger partial charge in [0.15, 0.2) is 0 Å². The first-order valence-electron chi connectivity index (χ1n) is 9.59. The van der Waals surface area contributed by atoms with Crippen molar-refractivity contribution in [2.45, 2.75) is 76.1 Å². The molecule has 0 aliphatic heterocycles. The van der Waals surface area contributed by atoms with Crippen LogP contribution in [0, 0.1) is 11.3 Å². The fraction of sp³-hybridized carbons (Fsp3) is 0.714. The third-order valence-corrected chi connectivity index (χ3v) is 7.09. The number of fused-ring (bicyclic) bond motifs is 1. The molecule has 0 bridgehead atoms. The van der Waals surface area contributed by atoms with E-state index in [4.69, 9.17) is 0 Å². The molecule has 3 aliphatic rings. The molecule has 5 atom stereocenters. The minimum atomic E-state index is -1.22. The lowest BCUT2D eigenvalue weighted by molar-refractivity contribution is -0.161. The minimum Gasteiger partial charge on any atom is -0.394 e. The third kappa shape index (κ3) is 3.14. The molecule has 25 heavy (non-hydrogen) atoms. The standard InChI is InChI=1S/C21H32O4/c1-14-5-8-17(23)12-16(14)7-6-15-4-3-10-20(2)18(15)9-11-21(20,25)19(24)13-22/h6-7,17-19,22-25H,1,3-5,8-13H2,2H3/b15-6+,16-7-/t17-,18+,19-,20+,21+/m1/s1. The largest absolute Gasteiger partial charge is 0.394 e. The molecule has 0 aromatic carbocycles. The molecule has 0 spiro atoms. The van der Waals surface area contributed by atoms with Gasteiger partial charge in [-0.05, 0) is 62.9 Å². The molecule has 4 heteroatoms. The summed E-state index contributed by atoms with van der Waals surface area (Å²) in [6, 6.07) is 0. The molecule has 3 fully saturated rings. The highest BCUT2D eigenvalue weighted by molar-refractivity contribution is 5.36. The molecular weight excluding hydrogens is 316 g/mol. The molecule has 0 aromatic rings. The van der Waals surface area contributed by atoms with Crippen LogP contribution in [0.15, 0.2) is 35.5 Å². The van der Waals surface area contributed by atoms with Crippen molar-refractivity contribution in [3.63, 3.8) is 0 Å². The predicted molar refractivity (Wildman–Crippen MR) is 97.9 cm³/mol. The number of allylic oxidation sites excluding steroid dienone is 4. The van der Waals surface area contributed by atoms with Gasteiger partial charge in [-0.2, -0.15) is 0 Å². The Morgan fingerprint density at radius 1 is 1.24 bits per heavy atom. The number of hydrogen-bond acceptors (Lipinski definition) is 4. The molecule has 0 radical (unpaired) electrons. The van der Waals surface area contributed by atoms with Crippen LogP contribution in [0.4, 0.5) is 0 Å². The Balaban J connectivity index is 1.86. The smallest absolute Gasteiger partial charge is 0.106 e. The maximum atomic E-state index is 11.1. The summed E-state index contributed by atoms with van der Waals surface area (Å²) in [5.74, 6) is 0.228. The average Bonchev–Trinajstić information content (AvgIpc) is 2.88. The first kappa shape index (κ1) is 18.8. The van der Waals surface area contributed by atoms with E-state index >= 15 is 0 Å². The molecule has 3 rings (SSSR count). The first-order chi connectivity index (χ1) is 11.8. The Kier molecular flexibility index (Phi) is 5.27. The van der Waals surface area contributed by atoms with Gasteiger partial charge in [0.2, 0.25) is 0 Å². The topological polar surface area (TPSA) is 80.9 Å². The van der Waals surface area contributed by atoms with Gasteiger partial charge in [0.1, 0.15) is 6.10 Å². The molecule has 4 nitrogen and oxygen atoms in total. The van der Waals surface area contributed by atoms with Crippen LogP contribution in [0.2, 0.25) is 0 Å². The molecule has 140 valence electrons. The fourth-order valence-electron chi connectivity index (χ4n) is 5.38. The maximum absolute atomic E-state index is 11.1. The number of rotatable bonds is 3. The van der Waals surface area contributed by atoms with Crippen LogP contribution in [-0.4, -0.2) is 44.8 Å². The van der Waals surface area contributed by atoms with Crippen LogP contribution in [0.5, 0.6) is 0 Å². The molecule has 0 heterocycles. The van der Waals surface area contributed by atoms with Crippen LogP contribution in [0.3, 0.4) is 0 Å². The summed E-state index contributed by atoms with van der Waals surface area (Å²) in [4.78, 5) is 0. The molecule has 0 unspecified atom stereocenters. The van der Waals surface area contributed by atoms with E-state index in [1.165, 1.54) is 5.57 Å². The van der Waals surface area contributed by atoms with Gasteiger partial charge in [0.05, 0.1) is 18.3 Å². The SMILES string of the molecule is C=C1CC[C@@H](O)C/C1=C/C=C1\CCC[C@@]2(C)[C@H]1CC[C@]2(O)[C@H](O)CO. The van der Waals surface area contributed by atoms with Crippen LogP contribution < -0.4 is 0 Å². The second-order valence-electron chi connectivity index (χ2n) is 8.42. The highest BCUT2D eigenvalue weighted by Gasteiger charge is 2.60. The predicted octanol–water partition coefficient (Wildman–Crippen LogP) is 2.62. The highest BCUT2D eigenvalue weighted by Crippen LogP contribution is 2.60. The molecule has 3 aliphatic carbocycles. The van der Waals surface area contributed by atoms with Crippen LogP contribution in [-0.2, 0) is 0 Å². The van der Waals surface area contributed by atoms with Gasteiger partial charge < -0.3 is 20.4 Å². The van der Waals surface area contributed by atoms with Gasteiger partial charge in [-0.25, -0.2) is 0 Å². The first-order valence-corrected chi connectivity index (χ1v) is 9.59. The molecule has 0 aromatic heterocycles. The second kappa shape index (κ2) is 6.99. The lowest BCUT2D eigenvalue weighted by Crippen LogP contribution is -2.55. The van der Waals surface area contributed by atoms with E-state index in [1.807, 2.05) is 0 Å². The van der Waals surface area contributed by atoms with E-state index in [-0.39, 0.29) is 12.0 Å². The third-order valence-electron chi connectivity index (χ3n) is 7.09. The van der Waals surface area contributed by atoms with Crippen molar-refractivity contribution in [1.82, 2.24) is 0 Å². The number of aliphatic hydroxyl groups is 4. The van der Waals surface area contributed by atoms with Crippen molar-refractivity contribution in [1.29, 1.82) is 0 Å². The number of aliphatic hydroxyl groups excluding tert-OH is 3. The molecule has 4 N–H and O–H groups in total. The van der Waals surface area contributed by atoms with Crippen molar-refractivity contribution in [2.24, 2.45) is 11.3 Å². The zero-order valence-electron chi connectivity index (χ0n) is 15.2. The fourth-order valence-corrected chi connectivity index (χ4v) is 5.38. The van der Waals surface area contributed by atoms with E-state index < -0.39 is 23.7 Å². The molecule has 3 saturated carbocycles. The summed E-state index contributed by atoms with van der Waals surface area (Å²) in [6.07, 6.45) is 9.41. The summed E-state index contributed by atoms with van der Waals surface area (Å²) >= 11 is 0. The van der Waals surface area contributed by atoms with Crippen LogP contribution in [0.1, 0.15) is 58.3 Å². The van der Waals surface area contributed by atoms with Gasteiger partial charge in [0, 0.05) is 5.41 Å². The zero-order valence-corrected chi connectivity index (χ0v) is 15.2. The van der Waals surface area contributed by atoms with E-state index in [0.717, 1.165) is 49.7 Å². The Hall–Kier alpha value is -0.940. The van der Waals surface area contributed by atoms with E-state index in [2.05, 4.69) is 25.7 Å². The monoisotopic (exact) mass is 348 g/mol. The van der Waals surface area contributed by atoms with Crippen molar-refractivity contribution in [3.05, 3.63) is 35.5 Å². The summed E-state index contributed by atoms with van der Waals surface area (Å²) in [5, 5.41) is 40.6. The molecule has 0 amide bonds. The van der Waals surface area contributed by atoms with Crippen LogP contribution >= 0.6 is 0 Å². The van der Waals surface area contributed by atoms with Gasteiger partial charge >= 0.3 is 0 Å². The van der Waals surface area contributed by atoms with E-state index in [1.54, 1.807) is 0 Å². The average molecular weight is 348 g/mol. The van der Waals surface area contributed by atoms with Crippen molar-refractivity contribution >= 4 is 0 Å². The van der Waals surface area contributed by atoms with Gasteiger partial charge in [0.25, 0.3) is 0 Å². The zero-order chi connectivity index (χ0) is 18.2. The quantitative estimate of drug-likeness (QED) is 0.632. The van der Waals surface area contributed by atoms with Gasteiger partial charge in [-0.15, -0.1) is 0 Å². The normalized spacial score (nSPS) is 43.5. The van der Waals surface area contributed by atoms with E-state index in [0.29, 0.717) is 12.8 Å².